The highest BCUT2D eigenvalue weighted by atomic mass is 16.5. The molecule has 9 heteroatoms. The maximum absolute atomic E-state index is 13.4. The highest BCUT2D eigenvalue weighted by Gasteiger charge is 2.34. The van der Waals surface area contributed by atoms with Gasteiger partial charge in [0.2, 0.25) is 5.95 Å². The fourth-order valence-electron chi connectivity index (χ4n) is 3.91. The van der Waals surface area contributed by atoms with Crippen LogP contribution in [0.3, 0.4) is 0 Å². The Balaban J connectivity index is 1.58. The Hall–Kier alpha value is -4.66. The summed E-state index contributed by atoms with van der Waals surface area (Å²) in [5.41, 5.74) is 3.31. The van der Waals surface area contributed by atoms with Gasteiger partial charge in [0.15, 0.2) is 5.82 Å². The minimum Gasteiger partial charge on any atom is -0.508 e. The third kappa shape index (κ3) is 3.95. The van der Waals surface area contributed by atoms with Gasteiger partial charge in [0, 0.05) is 17.5 Å². The number of pyridine rings is 1. The summed E-state index contributed by atoms with van der Waals surface area (Å²) in [7, 11) is 1.61. The predicted octanol–water partition coefficient (Wildman–Crippen LogP) is 3.98. The van der Waals surface area contributed by atoms with E-state index >= 15 is 0 Å². The number of anilines is 2. The summed E-state index contributed by atoms with van der Waals surface area (Å²) < 4.78 is 6.93. The number of phenolic OH excluding ortho intramolecular Hbond substituents is 1. The van der Waals surface area contributed by atoms with Gasteiger partial charge in [0.1, 0.15) is 17.5 Å². The first-order valence-corrected chi connectivity index (χ1v) is 10.6. The first-order valence-electron chi connectivity index (χ1n) is 10.6. The lowest BCUT2D eigenvalue weighted by molar-refractivity contribution is -0.113. The molecule has 0 fully saturated rings. The van der Waals surface area contributed by atoms with E-state index in [4.69, 9.17) is 9.84 Å². The van der Waals surface area contributed by atoms with Crippen molar-refractivity contribution in [3.8, 4) is 22.9 Å². The molecule has 0 spiro atoms. The van der Waals surface area contributed by atoms with Crippen LogP contribution in [0.4, 0.5) is 11.6 Å². The fourth-order valence-corrected chi connectivity index (χ4v) is 3.91. The SMILES string of the molecule is COc1ccc(-c2nc3n(n2)[C@H](c2ccc(O)cc2)C(C(=O)Nc2cccnc2)=C(C)N3)cc1. The van der Waals surface area contributed by atoms with Crippen LogP contribution in [0.25, 0.3) is 11.4 Å². The average molecular weight is 454 g/mol. The number of nitrogens with zero attached hydrogens (tertiary/aromatic N) is 4. The second kappa shape index (κ2) is 8.70. The summed E-state index contributed by atoms with van der Waals surface area (Å²) in [6, 6.07) is 17.1. The van der Waals surface area contributed by atoms with E-state index in [9.17, 15) is 9.90 Å². The summed E-state index contributed by atoms with van der Waals surface area (Å²) in [5, 5.41) is 20.7. The lowest BCUT2D eigenvalue weighted by Gasteiger charge is -2.28. The van der Waals surface area contributed by atoms with Crippen molar-refractivity contribution in [2.75, 3.05) is 17.7 Å². The van der Waals surface area contributed by atoms with Crippen molar-refractivity contribution < 1.29 is 14.6 Å². The number of carbonyl (C=O) groups excluding carboxylic acids is 1. The van der Waals surface area contributed by atoms with Gasteiger partial charge in [-0.1, -0.05) is 12.1 Å². The lowest BCUT2D eigenvalue weighted by atomic mass is 9.95. The van der Waals surface area contributed by atoms with E-state index in [2.05, 4.69) is 20.6 Å². The van der Waals surface area contributed by atoms with Crippen molar-refractivity contribution in [1.82, 2.24) is 19.7 Å². The smallest absolute Gasteiger partial charge is 0.255 e. The van der Waals surface area contributed by atoms with Crippen LogP contribution in [0.1, 0.15) is 18.5 Å². The van der Waals surface area contributed by atoms with E-state index in [1.54, 1.807) is 60.6 Å². The van der Waals surface area contributed by atoms with Crippen LogP contribution in [0.2, 0.25) is 0 Å². The number of phenols is 1. The average Bonchev–Trinajstić information content (AvgIpc) is 3.28. The maximum atomic E-state index is 13.4. The number of benzene rings is 2. The number of fused-ring (bicyclic) bond motifs is 1. The molecule has 2 aromatic carbocycles. The van der Waals surface area contributed by atoms with Gasteiger partial charge < -0.3 is 20.5 Å². The molecule has 0 unspecified atom stereocenters. The maximum Gasteiger partial charge on any atom is 0.255 e. The number of aromatic hydroxyl groups is 1. The van der Waals surface area contributed by atoms with E-state index < -0.39 is 6.04 Å². The normalized spacial score (nSPS) is 14.8. The highest BCUT2D eigenvalue weighted by Crippen LogP contribution is 2.37. The van der Waals surface area contributed by atoms with E-state index in [1.165, 1.54) is 0 Å². The molecule has 0 radical (unpaired) electrons. The molecule has 3 N–H and O–H groups in total. The Morgan fingerprint density at radius 2 is 1.88 bits per heavy atom. The molecule has 34 heavy (non-hydrogen) atoms. The highest BCUT2D eigenvalue weighted by molar-refractivity contribution is 6.05. The number of aromatic nitrogens is 4. The van der Waals surface area contributed by atoms with Crippen LogP contribution in [0.15, 0.2) is 84.3 Å². The summed E-state index contributed by atoms with van der Waals surface area (Å²) in [5.74, 6) is 1.61. The Morgan fingerprint density at radius 1 is 1.12 bits per heavy atom. The van der Waals surface area contributed by atoms with Gasteiger partial charge in [-0.15, -0.1) is 5.10 Å². The Bertz CT molecular complexity index is 1360. The van der Waals surface area contributed by atoms with Gasteiger partial charge >= 0.3 is 0 Å². The number of amides is 1. The van der Waals surface area contributed by atoms with Gasteiger partial charge in [-0.2, -0.15) is 4.98 Å². The Kier molecular flexibility index (Phi) is 5.43. The van der Waals surface area contributed by atoms with Crippen LogP contribution in [0, 0.1) is 0 Å². The van der Waals surface area contributed by atoms with Crippen LogP contribution < -0.4 is 15.4 Å². The fraction of sp³-hybridized carbons (Fsp3) is 0.120. The summed E-state index contributed by atoms with van der Waals surface area (Å²) >= 11 is 0. The molecule has 170 valence electrons. The van der Waals surface area contributed by atoms with Gasteiger partial charge in [0.05, 0.1) is 24.6 Å². The molecule has 0 aliphatic carbocycles. The van der Waals surface area contributed by atoms with Gasteiger partial charge in [0.25, 0.3) is 5.91 Å². The number of nitrogens with one attached hydrogen (secondary N) is 2. The molecule has 3 heterocycles. The van der Waals surface area contributed by atoms with E-state index in [0.717, 1.165) is 16.9 Å². The summed E-state index contributed by atoms with van der Waals surface area (Å²) in [6.45, 7) is 1.83. The topological polar surface area (TPSA) is 114 Å². The first kappa shape index (κ1) is 21.2. The number of rotatable bonds is 5. The molecule has 1 amide bonds. The summed E-state index contributed by atoms with van der Waals surface area (Å²) in [4.78, 5) is 22.2. The summed E-state index contributed by atoms with van der Waals surface area (Å²) in [6.07, 6.45) is 3.23. The Morgan fingerprint density at radius 3 is 2.56 bits per heavy atom. The molecular formula is C25H22N6O3. The van der Waals surface area contributed by atoms with Gasteiger partial charge in [-0.3, -0.25) is 9.78 Å². The predicted molar refractivity (Wildman–Crippen MR) is 127 cm³/mol. The number of carbonyl (C=O) groups is 1. The zero-order chi connectivity index (χ0) is 23.7. The number of ether oxygens (including phenoxy) is 1. The minimum atomic E-state index is -0.562. The zero-order valence-corrected chi connectivity index (χ0v) is 18.6. The quantitative estimate of drug-likeness (QED) is 0.418. The first-order chi connectivity index (χ1) is 16.5. The lowest BCUT2D eigenvalue weighted by Crippen LogP contribution is -2.31. The third-order valence-electron chi connectivity index (χ3n) is 5.57. The molecule has 0 saturated heterocycles. The molecule has 1 atom stereocenters. The third-order valence-corrected chi connectivity index (χ3v) is 5.57. The van der Waals surface area contributed by atoms with Crippen molar-refractivity contribution in [2.24, 2.45) is 0 Å². The van der Waals surface area contributed by atoms with Gasteiger partial charge in [-0.05, 0) is 61.0 Å². The second-order valence-electron chi connectivity index (χ2n) is 7.79. The van der Waals surface area contributed by atoms with E-state index in [1.807, 2.05) is 31.2 Å². The van der Waals surface area contributed by atoms with Crippen molar-refractivity contribution in [3.63, 3.8) is 0 Å². The molecule has 1 aliphatic heterocycles. The second-order valence-corrected chi connectivity index (χ2v) is 7.79. The van der Waals surface area contributed by atoms with Crippen molar-refractivity contribution in [2.45, 2.75) is 13.0 Å². The zero-order valence-electron chi connectivity index (χ0n) is 18.6. The number of hydrogen-bond acceptors (Lipinski definition) is 7. The van der Waals surface area contributed by atoms with Crippen LogP contribution in [-0.2, 0) is 4.79 Å². The van der Waals surface area contributed by atoms with Crippen LogP contribution in [0.5, 0.6) is 11.5 Å². The van der Waals surface area contributed by atoms with Gasteiger partial charge in [-0.25, -0.2) is 4.68 Å². The molecule has 0 bridgehead atoms. The van der Waals surface area contributed by atoms with Crippen LogP contribution >= 0.6 is 0 Å². The van der Waals surface area contributed by atoms with Crippen LogP contribution in [-0.4, -0.2) is 37.9 Å². The van der Waals surface area contributed by atoms with Crippen molar-refractivity contribution in [1.29, 1.82) is 0 Å². The van der Waals surface area contributed by atoms with Crippen molar-refractivity contribution >= 4 is 17.5 Å². The molecule has 5 rings (SSSR count). The number of allylic oxidation sites excluding steroid dienone is 1. The molecule has 4 aromatic rings. The monoisotopic (exact) mass is 454 g/mol. The molecule has 1 aliphatic rings. The standard InChI is InChI=1S/C25H22N6O3/c1-15-21(24(33)28-18-4-3-13-26-14-18)22(16-5-9-19(32)10-6-16)31-25(27-15)29-23(30-31)17-7-11-20(34-2)12-8-17/h3-14,22,32H,1-2H3,(H,28,33)(H,27,29,30)/t22-/m1/s1. The largest absolute Gasteiger partial charge is 0.508 e. The minimum absolute atomic E-state index is 0.137. The van der Waals surface area contributed by atoms with E-state index in [0.29, 0.717) is 28.7 Å². The van der Waals surface area contributed by atoms with Crippen molar-refractivity contribution in [3.05, 3.63) is 89.9 Å². The number of methoxy groups -OCH3 is 1. The molecule has 2 aromatic heterocycles. The number of hydrogen-bond donors (Lipinski definition) is 3. The molecule has 0 saturated carbocycles. The molecule has 9 nitrogen and oxygen atoms in total. The van der Waals surface area contributed by atoms with E-state index in [-0.39, 0.29) is 11.7 Å². The molecular weight excluding hydrogens is 432 g/mol. The Labute approximate surface area is 195 Å².